The van der Waals surface area contributed by atoms with E-state index in [1.165, 1.54) is 5.56 Å². The Morgan fingerprint density at radius 2 is 1.67 bits per heavy atom. The number of hydrogen-bond donors (Lipinski definition) is 3. The molecule has 2 rings (SSSR count). The van der Waals surface area contributed by atoms with Crippen molar-refractivity contribution in [3.63, 3.8) is 0 Å². The minimum Gasteiger partial charge on any atom is -0.508 e. The highest BCUT2D eigenvalue weighted by Crippen LogP contribution is 2.14. The van der Waals surface area contributed by atoms with Gasteiger partial charge in [0.05, 0.1) is 0 Å². The van der Waals surface area contributed by atoms with Crippen LogP contribution in [0.25, 0.3) is 0 Å². The molecular formula is C22H31N3O2. The van der Waals surface area contributed by atoms with Gasteiger partial charge in [0.25, 0.3) is 0 Å². The number of rotatable bonds is 8. The van der Waals surface area contributed by atoms with Gasteiger partial charge in [0, 0.05) is 18.1 Å². The predicted molar refractivity (Wildman–Crippen MR) is 110 cm³/mol. The van der Waals surface area contributed by atoms with E-state index in [-0.39, 0.29) is 23.4 Å². The average molecular weight is 370 g/mol. The minimum atomic E-state index is -0.337. The Labute approximate surface area is 162 Å². The van der Waals surface area contributed by atoms with Gasteiger partial charge in [0.1, 0.15) is 5.75 Å². The molecule has 0 saturated carbocycles. The highest BCUT2D eigenvalue weighted by Gasteiger charge is 2.22. The molecule has 0 aliphatic carbocycles. The number of phenols is 1. The van der Waals surface area contributed by atoms with Crippen molar-refractivity contribution in [1.82, 2.24) is 15.5 Å². The number of likely N-dealkylation sites (N-methyl/N-ethyl adjacent to an activating group) is 1. The van der Waals surface area contributed by atoms with Crippen LogP contribution in [0.4, 0.5) is 4.79 Å². The Balaban J connectivity index is 1.86. The molecule has 0 spiro atoms. The fraction of sp³-hybridized carbons (Fsp3) is 0.409. The van der Waals surface area contributed by atoms with Gasteiger partial charge in [-0.3, -0.25) is 0 Å². The summed E-state index contributed by atoms with van der Waals surface area (Å²) in [7, 11) is 4.01. The smallest absolute Gasteiger partial charge is 0.315 e. The van der Waals surface area contributed by atoms with Gasteiger partial charge in [0.2, 0.25) is 0 Å². The highest BCUT2D eigenvalue weighted by atomic mass is 16.3. The van der Waals surface area contributed by atoms with Gasteiger partial charge in [-0.2, -0.15) is 0 Å². The van der Waals surface area contributed by atoms with E-state index >= 15 is 0 Å². The third-order valence-corrected chi connectivity index (χ3v) is 4.58. The van der Waals surface area contributed by atoms with Crippen molar-refractivity contribution in [2.75, 3.05) is 20.6 Å². The molecule has 5 heteroatoms. The van der Waals surface area contributed by atoms with Crippen LogP contribution >= 0.6 is 0 Å². The fourth-order valence-electron chi connectivity index (χ4n) is 3.05. The summed E-state index contributed by atoms with van der Waals surface area (Å²) in [6.07, 6.45) is 1.56. The molecule has 1 atom stereocenters. The molecule has 0 saturated heterocycles. The first-order valence-corrected chi connectivity index (χ1v) is 9.29. The van der Waals surface area contributed by atoms with E-state index in [1.807, 2.05) is 58.3 Å². The zero-order chi connectivity index (χ0) is 19.9. The topological polar surface area (TPSA) is 64.6 Å². The molecular weight excluding hydrogens is 338 g/mol. The van der Waals surface area contributed by atoms with E-state index < -0.39 is 0 Å². The van der Waals surface area contributed by atoms with E-state index in [2.05, 4.69) is 27.7 Å². The number of urea groups is 1. The van der Waals surface area contributed by atoms with E-state index in [0.29, 0.717) is 6.54 Å². The molecule has 0 aliphatic rings. The number of aromatic hydroxyl groups is 1. The summed E-state index contributed by atoms with van der Waals surface area (Å²) in [6.45, 7) is 4.60. The van der Waals surface area contributed by atoms with Gasteiger partial charge in [-0.15, -0.1) is 0 Å². The van der Waals surface area contributed by atoms with Crippen molar-refractivity contribution in [3.8, 4) is 5.75 Å². The van der Waals surface area contributed by atoms with Crippen molar-refractivity contribution in [2.45, 2.75) is 38.3 Å². The molecule has 3 N–H and O–H groups in total. The molecule has 0 bridgehead atoms. The van der Waals surface area contributed by atoms with Crippen LogP contribution in [-0.2, 0) is 12.8 Å². The molecule has 27 heavy (non-hydrogen) atoms. The standard InChI is InChI=1S/C22H31N3O2/c1-22(2,15-18-8-6-5-7-9-18)24-21(27)23-16-19(25(3)4)14-17-10-12-20(26)13-11-17/h5-13,19,26H,14-16H2,1-4H3,(H2,23,24,27)/t19-/m0/s1. The van der Waals surface area contributed by atoms with Crippen LogP contribution in [0.1, 0.15) is 25.0 Å². The second kappa shape index (κ2) is 9.42. The van der Waals surface area contributed by atoms with Crippen molar-refractivity contribution in [1.29, 1.82) is 0 Å². The van der Waals surface area contributed by atoms with Crippen LogP contribution in [0.15, 0.2) is 54.6 Å². The molecule has 0 radical (unpaired) electrons. The largest absolute Gasteiger partial charge is 0.508 e. The SMILES string of the molecule is CN(C)[C@H](CNC(=O)NC(C)(C)Cc1ccccc1)Cc1ccc(O)cc1. The second-order valence-electron chi connectivity index (χ2n) is 7.87. The van der Waals surface area contributed by atoms with Crippen molar-refractivity contribution in [3.05, 3.63) is 65.7 Å². The first-order valence-electron chi connectivity index (χ1n) is 9.29. The third kappa shape index (κ3) is 7.31. The lowest BCUT2D eigenvalue weighted by atomic mass is 9.95. The van der Waals surface area contributed by atoms with Crippen LogP contribution in [0, 0.1) is 0 Å². The van der Waals surface area contributed by atoms with Crippen LogP contribution in [-0.4, -0.2) is 48.3 Å². The predicted octanol–water partition coefficient (Wildman–Crippen LogP) is 3.19. The molecule has 0 aliphatic heterocycles. The number of nitrogens with zero attached hydrogens (tertiary/aromatic N) is 1. The number of nitrogens with one attached hydrogen (secondary N) is 2. The van der Waals surface area contributed by atoms with E-state index in [4.69, 9.17) is 0 Å². The number of carbonyl (C=O) groups excluding carboxylic acids is 1. The third-order valence-electron chi connectivity index (χ3n) is 4.58. The molecule has 2 aromatic carbocycles. The average Bonchev–Trinajstić information content (AvgIpc) is 2.60. The lowest BCUT2D eigenvalue weighted by Gasteiger charge is -2.29. The molecule has 0 heterocycles. The summed E-state index contributed by atoms with van der Waals surface area (Å²) in [5, 5.41) is 15.5. The van der Waals surface area contributed by atoms with Crippen LogP contribution in [0.2, 0.25) is 0 Å². The van der Waals surface area contributed by atoms with Gasteiger partial charge < -0.3 is 20.6 Å². The summed E-state index contributed by atoms with van der Waals surface area (Å²) >= 11 is 0. The van der Waals surface area contributed by atoms with Gasteiger partial charge in [0.15, 0.2) is 0 Å². The monoisotopic (exact) mass is 369 g/mol. The molecule has 2 aromatic rings. The van der Waals surface area contributed by atoms with E-state index in [0.717, 1.165) is 18.4 Å². The number of amides is 2. The van der Waals surface area contributed by atoms with Gasteiger partial charge in [-0.05, 0) is 64.0 Å². The van der Waals surface area contributed by atoms with Crippen LogP contribution in [0.5, 0.6) is 5.75 Å². The molecule has 146 valence electrons. The molecule has 0 unspecified atom stereocenters. The number of phenolic OH excluding ortho intramolecular Hbond substituents is 1. The van der Waals surface area contributed by atoms with E-state index in [1.54, 1.807) is 12.1 Å². The summed E-state index contributed by atoms with van der Waals surface area (Å²) < 4.78 is 0. The zero-order valence-corrected chi connectivity index (χ0v) is 16.7. The molecule has 5 nitrogen and oxygen atoms in total. The Bertz CT molecular complexity index is 712. The zero-order valence-electron chi connectivity index (χ0n) is 16.7. The Morgan fingerprint density at radius 3 is 2.26 bits per heavy atom. The minimum absolute atomic E-state index is 0.159. The summed E-state index contributed by atoms with van der Waals surface area (Å²) in [5.74, 6) is 0.262. The van der Waals surface area contributed by atoms with Crippen molar-refractivity contribution >= 4 is 6.03 Å². The number of benzene rings is 2. The van der Waals surface area contributed by atoms with Gasteiger partial charge >= 0.3 is 6.03 Å². The fourth-order valence-corrected chi connectivity index (χ4v) is 3.05. The second-order valence-corrected chi connectivity index (χ2v) is 7.87. The van der Waals surface area contributed by atoms with Crippen LogP contribution < -0.4 is 10.6 Å². The lowest BCUT2D eigenvalue weighted by molar-refractivity contribution is 0.222. The van der Waals surface area contributed by atoms with Crippen LogP contribution in [0.3, 0.4) is 0 Å². The highest BCUT2D eigenvalue weighted by molar-refractivity contribution is 5.74. The quantitative estimate of drug-likeness (QED) is 0.670. The first kappa shape index (κ1) is 20.8. The maximum atomic E-state index is 12.4. The Hall–Kier alpha value is -2.53. The Kier molecular flexibility index (Phi) is 7.25. The van der Waals surface area contributed by atoms with Crippen molar-refractivity contribution in [2.24, 2.45) is 0 Å². The lowest BCUT2D eigenvalue weighted by Crippen LogP contribution is -2.52. The normalized spacial score (nSPS) is 12.6. The molecule has 2 amide bonds. The maximum absolute atomic E-state index is 12.4. The molecule has 0 aromatic heterocycles. The summed E-state index contributed by atoms with van der Waals surface area (Å²) in [4.78, 5) is 14.5. The summed E-state index contributed by atoms with van der Waals surface area (Å²) in [5.41, 5.74) is 1.98. The Morgan fingerprint density at radius 1 is 1.04 bits per heavy atom. The van der Waals surface area contributed by atoms with Gasteiger partial charge in [-0.25, -0.2) is 4.79 Å². The number of carbonyl (C=O) groups is 1. The van der Waals surface area contributed by atoms with Gasteiger partial charge in [-0.1, -0.05) is 42.5 Å². The maximum Gasteiger partial charge on any atom is 0.315 e. The molecule has 0 fully saturated rings. The van der Waals surface area contributed by atoms with Crippen molar-refractivity contribution < 1.29 is 9.90 Å². The first-order chi connectivity index (χ1) is 12.7. The summed E-state index contributed by atoms with van der Waals surface area (Å²) in [6, 6.07) is 17.4. The number of hydrogen-bond acceptors (Lipinski definition) is 3. The van der Waals surface area contributed by atoms with E-state index in [9.17, 15) is 9.90 Å².